The summed E-state index contributed by atoms with van der Waals surface area (Å²) in [6, 6.07) is 2.33. The predicted molar refractivity (Wildman–Crippen MR) is 92.1 cm³/mol. The van der Waals surface area contributed by atoms with Crippen molar-refractivity contribution in [1.29, 1.82) is 0 Å². The molecule has 1 saturated carbocycles. The Hall–Kier alpha value is -1.85. The molecule has 136 valence electrons. The average Bonchev–Trinajstić information content (AvgIpc) is 3.14. The van der Waals surface area contributed by atoms with Crippen LogP contribution in [0.15, 0.2) is 10.6 Å². The van der Waals surface area contributed by atoms with E-state index in [4.69, 9.17) is 4.52 Å². The lowest BCUT2D eigenvalue weighted by Gasteiger charge is -2.49. The lowest BCUT2D eigenvalue weighted by molar-refractivity contribution is -0.132. The molecule has 6 heteroatoms. The van der Waals surface area contributed by atoms with Crippen LogP contribution in [0.25, 0.3) is 0 Å². The second kappa shape index (κ2) is 5.58. The van der Waals surface area contributed by atoms with Crippen molar-refractivity contribution >= 4 is 11.8 Å². The zero-order valence-corrected chi connectivity index (χ0v) is 15.5. The number of nitrogens with zero attached hydrogens (tertiary/aromatic N) is 3. The van der Waals surface area contributed by atoms with Crippen molar-refractivity contribution < 1.29 is 14.1 Å². The van der Waals surface area contributed by atoms with Gasteiger partial charge in [0.05, 0.1) is 11.7 Å². The van der Waals surface area contributed by atoms with E-state index >= 15 is 0 Å². The molecule has 0 spiro atoms. The van der Waals surface area contributed by atoms with Gasteiger partial charge in [-0.05, 0) is 31.6 Å². The van der Waals surface area contributed by atoms with Crippen LogP contribution in [0.5, 0.6) is 0 Å². The molecule has 1 aromatic heterocycles. The van der Waals surface area contributed by atoms with Crippen LogP contribution in [0.4, 0.5) is 0 Å². The maximum atomic E-state index is 13.2. The van der Waals surface area contributed by atoms with Gasteiger partial charge in [-0.25, -0.2) is 0 Å². The van der Waals surface area contributed by atoms with Gasteiger partial charge in [0, 0.05) is 37.0 Å². The molecule has 25 heavy (non-hydrogen) atoms. The maximum Gasteiger partial charge on any atom is 0.292 e. The zero-order chi connectivity index (χ0) is 17.9. The van der Waals surface area contributed by atoms with Crippen molar-refractivity contribution in [2.75, 3.05) is 6.54 Å². The number of hydrogen-bond acceptors (Lipinski definition) is 4. The lowest BCUT2D eigenvalue weighted by atomic mass is 9.65. The first-order chi connectivity index (χ1) is 11.8. The molecular formula is C19H27N3O3. The van der Waals surface area contributed by atoms with Crippen LogP contribution >= 0.6 is 0 Å². The van der Waals surface area contributed by atoms with Gasteiger partial charge in [0.2, 0.25) is 11.7 Å². The fourth-order valence-corrected chi connectivity index (χ4v) is 5.50. The molecule has 2 amide bonds. The number of carbonyl (C=O) groups excluding carboxylic acids is 2. The van der Waals surface area contributed by atoms with Crippen molar-refractivity contribution in [3.05, 3.63) is 17.5 Å². The predicted octanol–water partition coefficient (Wildman–Crippen LogP) is 2.80. The number of likely N-dealkylation sites (tertiary alicyclic amines) is 2. The molecule has 3 heterocycles. The topological polar surface area (TPSA) is 66.7 Å². The highest BCUT2D eigenvalue weighted by Gasteiger charge is 2.61. The Balaban J connectivity index is 1.67. The minimum Gasteiger partial charge on any atom is -0.351 e. The quantitative estimate of drug-likeness (QED) is 0.827. The molecule has 2 bridgehead atoms. The van der Waals surface area contributed by atoms with Gasteiger partial charge in [-0.2, -0.15) is 0 Å². The molecule has 6 nitrogen and oxygen atoms in total. The number of amides is 2. The Morgan fingerprint density at radius 3 is 2.68 bits per heavy atom. The first-order valence-electron chi connectivity index (χ1n) is 9.39. The highest BCUT2D eigenvalue weighted by atomic mass is 16.5. The summed E-state index contributed by atoms with van der Waals surface area (Å²) in [5.74, 6) is 0.611. The number of carbonyl (C=O) groups is 2. The molecule has 1 aromatic rings. The highest BCUT2D eigenvalue weighted by Crippen LogP contribution is 2.54. The van der Waals surface area contributed by atoms with Gasteiger partial charge in [-0.1, -0.05) is 25.9 Å². The van der Waals surface area contributed by atoms with Gasteiger partial charge in [0.25, 0.3) is 5.91 Å². The smallest absolute Gasteiger partial charge is 0.292 e. The standard InChI is InChI=1S/C19H27N3O3/c1-11(2)14-8-15(25-20-14)18(24)21-10-13-9-19(4)16(21)6-5-7-17(19)22(13)12(3)23/h8,11,13,16-17H,5-7,9-10H2,1-4H3/t13-,16+,17-,19+/m0/s1. The summed E-state index contributed by atoms with van der Waals surface area (Å²) in [5.41, 5.74) is 0.796. The molecule has 3 aliphatic rings. The Bertz CT molecular complexity index is 713. The van der Waals surface area contributed by atoms with Crippen LogP contribution in [-0.2, 0) is 4.79 Å². The summed E-state index contributed by atoms with van der Waals surface area (Å²) in [6.45, 7) is 8.59. The van der Waals surface area contributed by atoms with E-state index in [1.165, 1.54) is 0 Å². The summed E-state index contributed by atoms with van der Waals surface area (Å²) >= 11 is 0. The minimum absolute atomic E-state index is 0.0105. The molecule has 0 unspecified atom stereocenters. The minimum atomic E-state index is -0.0774. The molecule has 3 fully saturated rings. The van der Waals surface area contributed by atoms with Gasteiger partial charge in [0.15, 0.2) is 0 Å². The molecule has 2 aliphatic heterocycles. The van der Waals surface area contributed by atoms with Gasteiger partial charge in [-0.15, -0.1) is 0 Å². The third-order valence-corrected chi connectivity index (χ3v) is 6.62. The number of rotatable bonds is 2. The van der Waals surface area contributed by atoms with Crippen LogP contribution in [-0.4, -0.2) is 51.4 Å². The molecule has 0 aromatic carbocycles. The monoisotopic (exact) mass is 345 g/mol. The van der Waals surface area contributed by atoms with Crippen molar-refractivity contribution in [1.82, 2.24) is 15.0 Å². The summed E-state index contributed by atoms with van der Waals surface area (Å²) in [6.07, 6.45) is 4.10. The van der Waals surface area contributed by atoms with Crippen molar-refractivity contribution in [3.63, 3.8) is 0 Å². The summed E-state index contributed by atoms with van der Waals surface area (Å²) in [5, 5.41) is 4.04. The van der Waals surface area contributed by atoms with E-state index in [1.807, 2.05) is 18.7 Å². The Morgan fingerprint density at radius 2 is 2.04 bits per heavy atom. The molecule has 0 N–H and O–H groups in total. The van der Waals surface area contributed by atoms with Crippen molar-refractivity contribution in [3.8, 4) is 0 Å². The first-order valence-corrected chi connectivity index (χ1v) is 9.39. The van der Waals surface area contributed by atoms with Crippen molar-refractivity contribution in [2.24, 2.45) is 5.41 Å². The third kappa shape index (κ3) is 2.33. The second-order valence-electron chi connectivity index (χ2n) is 8.48. The van der Waals surface area contributed by atoms with E-state index in [0.29, 0.717) is 12.3 Å². The summed E-state index contributed by atoms with van der Waals surface area (Å²) in [7, 11) is 0. The molecule has 0 radical (unpaired) electrons. The van der Waals surface area contributed by atoms with Gasteiger partial charge >= 0.3 is 0 Å². The Morgan fingerprint density at radius 1 is 1.32 bits per heavy atom. The van der Waals surface area contributed by atoms with Crippen LogP contribution < -0.4 is 0 Å². The summed E-state index contributed by atoms with van der Waals surface area (Å²) in [4.78, 5) is 29.4. The van der Waals surface area contributed by atoms with Crippen LogP contribution in [0, 0.1) is 5.41 Å². The maximum absolute atomic E-state index is 13.2. The van der Waals surface area contributed by atoms with Crippen LogP contribution in [0.2, 0.25) is 0 Å². The third-order valence-electron chi connectivity index (χ3n) is 6.62. The summed E-state index contributed by atoms with van der Waals surface area (Å²) < 4.78 is 5.36. The molecule has 1 aliphatic carbocycles. The fraction of sp³-hybridized carbons (Fsp3) is 0.737. The van der Waals surface area contributed by atoms with Gasteiger partial charge in [0.1, 0.15) is 0 Å². The van der Waals surface area contributed by atoms with Gasteiger partial charge in [-0.3, -0.25) is 9.59 Å². The number of aromatic nitrogens is 1. The van der Waals surface area contributed by atoms with Crippen LogP contribution in [0.3, 0.4) is 0 Å². The lowest BCUT2D eigenvalue weighted by Crippen LogP contribution is -2.57. The molecule has 4 atom stereocenters. The van der Waals surface area contributed by atoms with E-state index in [-0.39, 0.29) is 41.3 Å². The largest absolute Gasteiger partial charge is 0.351 e. The number of fused-ring (bicyclic) bond motifs is 1. The molecule has 4 rings (SSSR count). The average molecular weight is 345 g/mol. The van der Waals surface area contributed by atoms with E-state index in [1.54, 1.807) is 13.0 Å². The number of hydrogen-bond donors (Lipinski definition) is 0. The zero-order valence-electron chi connectivity index (χ0n) is 15.5. The molecule has 2 saturated heterocycles. The molecular weight excluding hydrogens is 318 g/mol. The van der Waals surface area contributed by atoms with E-state index in [9.17, 15) is 9.59 Å². The first kappa shape index (κ1) is 16.6. The van der Waals surface area contributed by atoms with Crippen molar-refractivity contribution in [2.45, 2.75) is 77.4 Å². The Labute approximate surface area is 148 Å². The van der Waals surface area contributed by atoms with E-state index in [2.05, 4.69) is 17.0 Å². The van der Waals surface area contributed by atoms with E-state index in [0.717, 1.165) is 31.4 Å². The number of piperidine rings is 1. The Kier molecular flexibility index (Phi) is 3.71. The second-order valence-corrected chi connectivity index (χ2v) is 8.48. The fourth-order valence-electron chi connectivity index (χ4n) is 5.50. The van der Waals surface area contributed by atoms with E-state index < -0.39 is 0 Å². The normalized spacial score (nSPS) is 33.9. The highest BCUT2D eigenvalue weighted by molar-refractivity contribution is 5.92. The van der Waals surface area contributed by atoms with Gasteiger partial charge < -0.3 is 14.3 Å². The SMILES string of the molecule is CC(=O)N1[C@@H]2CN(C(=O)c3cc(C(C)C)no3)[C@@H]3CCC[C@H]1[C@]3(C)C2. The van der Waals surface area contributed by atoms with Crippen LogP contribution in [0.1, 0.15) is 75.5 Å².